The van der Waals surface area contributed by atoms with Crippen molar-refractivity contribution in [3.05, 3.63) is 0 Å². The minimum atomic E-state index is -0.0364. The van der Waals surface area contributed by atoms with Crippen molar-refractivity contribution in [2.24, 2.45) is 5.92 Å². The lowest BCUT2D eigenvalue weighted by molar-refractivity contribution is -0.150. The molecule has 0 aromatic heterocycles. The van der Waals surface area contributed by atoms with Crippen LogP contribution in [0, 0.1) is 5.92 Å². The van der Waals surface area contributed by atoms with E-state index in [0.29, 0.717) is 12.7 Å². The summed E-state index contributed by atoms with van der Waals surface area (Å²) in [6.45, 7) is 2.66. The van der Waals surface area contributed by atoms with E-state index >= 15 is 0 Å². The fourth-order valence-corrected chi connectivity index (χ4v) is 2.31. The summed E-state index contributed by atoms with van der Waals surface area (Å²) in [7, 11) is 0. The summed E-state index contributed by atoms with van der Waals surface area (Å²) < 4.78 is 10.8. The molecule has 2 bridgehead atoms. The second kappa shape index (κ2) is 4.30. The van der Waals surface area contributed by atoms with Crippen LogP contribution in [0.15, 0.2) is 0 Å². The molecule has 2 aliphatic rings. The van der Waals surface area contributed by atoms with Crippen molar-refractivity contribution in [3.63, 3.8) is 0 Å². The summed E-state index contributed by atoms with van der Waals surface area (Å²) >= 11 is 0. The number of esters is 1. The van der Waals surface area contributed by atoms with Crippen LogP contribution in [0.25, 0.3) is 0 Å². The van der Waals surface area contributed by atoms with Gasteiger partial charge in [-0.1, -0.05) is 13.3 Å². The number of carbonyl (C=O) groups excluding carboxylic acids is 1. The highest BCUT2D eigenvalue weighted by Crippen LogP contribution is 2.39. The quantitative estimate of drug-likeness (QED) is 0.511. The number of fused-ring (bicyclic) bond motifs is 2. The van der Waals surface area contributed by atoms with Crippen molar-refractivity contribution >= 4 is 5.97 Å². The van der Waals surface area contributed by atoms with Crippen molar-refractivity contribution < 1.29 is 14.3 Å². The average Bonchev–Trinajstić information content (AvgIpc) is 2.79. The highest BCUT2D eigenvalue weighted by molar-refractivity contribution is 5.73. The lowest BCUT2D eigenvalue weighted by Gasteiger charge is -2.16. The SMILES string of the molecule is CCCCOC(=O)C1CC2CCC1O2. The molecule has 0 aromatic rings. The van der Waals surface area contributed by atoms with Gasteiger partial charge in [0.15, 0.2) is 0 Å². The molecule has 2 rings (SSSR count). The lowest BCUT2D eigenvalue weighted by Crippen LogP contribution is -2.27. The minimum Gasteiger partial charge on any atom is -0.465 e. The Labute approximate surface area is 84.8 Å². The van der Waals surface area contributed by atoms with Gasteiger partial charge in [0.1, 0.15) is 0 Å². The molecule has 3 nitrogen and oxygen atoms in total. The Morgan fingerprint density at radius 1 is 1.50 bits per heavy atom. The predicted molar refractivity (Wildman–Crippen MR) is 51.9 cm³/mol. The molecule has 14 heavy (non-hydrogen) atoms. The minimum absolute atomic E-state index is 0.0330. The first-order valence-corrected chi connectivity index (χ1v) is 5.63. The zero-order valence-electron chi connectivity index (χ0n) is 8.70. The zero-order chi connectivity index (χ0) is 9.97. The molecule has 80 valence electrons. The van der Waals surface area contributed by atoms with Crippen LogP contribution in [0.1, 0.15) is 39.0 Å². The molecular weight excluding hydrogens is 180 g/mol. The number of unbranched alkanes of at least 4 members (excludes halogenated alkanes) is 1. The second-order valence-electron chi connectivity index (χ2n) is 4.24. The molecule has 3 atom stereocenters. The van der Waals surface area contributed by atoms with Crippen molar-refractivity contribution in [1.29, 1.82) is 0 Å². The van der Waals surface area contributed by atoms with Crippen LogP contribution < -0.4 is 0 Å². The highest BCUT2D eigenvalue weighted by Gasteiger charge is 2.45. The van der Waals surface area contributed by atoms with Gasteiger partial charge < -0.3 is 9.47 Å². The van der Waals surface area contributed by atoms with Crippen molar-refractivity contribution in [3.8, 4) is 0 Å². The van der Waals surface area contributed by atoms with E-state index in [1.54, 1.807) is 0 Å². The first kappa shape index (κ1) is 9.97. The van der Waals surface area contributed by atoms with Gasteiger partial charge in [-0.3, -0.25) is 4.79 Å². The fourth-order valence-electron chi connectivity index (χ4n) is 2.31. The smallest absolute Gasteiger partial charge is 0.311 e. The van der Waals surface area contributed by atoms with Crippen LogP contribution in [-0.4, -0.2) is 24.8 Å². The third kappa shape index (κ3) is 1.92. The summed E-state index contributed by atoms with van der Waals surface area (Å²) in [6.07, 6.45) is 5.59. The maximum atomic E-state index is 11.6. The van der Waals surface area contributed by atoms with Crippen molar-refractivity contribution in [1.82, 2.24) is 0 Å². The van der Waals surface area contributed by atoms with Crippen molar-refractivity contribution in [2.45, 2.75) is 51.2 Å². The van der Waals surface area contributed by atoms with Gasteiger partial charge in [0.25, 0.3) is 0 Å². The number of rotatable bonds is 4. The van der Waals surface area contributed by atoms with E-state index in [0.717, 1.165) is 32.1 Å². The third-order valence-corrected chi connectivity index (χ3v) is 3.15. The lowest BCUT2D eigenvalue weighted by atomic mass is 9.89. The molecule has 2 aliphatic heterocycles. The van der Waals surface area contributed by atoms with E-state index in [1.807, 2.05) is 0 Å². The Morgan fingerprint density at radius 3 is 2.93 bits per heavy atom. The monoisotopic (exact) mass is 198 g/mol. The standard InChI is InChI=1S/C11H18O3/c1-2-3-6-13-11(12)9-7-8-4-5-10(9)14-8/h8-10H,2-7H2,1H3. The first-order valence-electron chi connectivity index (χ1n) is 5.63. The summed E-state index contributed by atoms with van der Waals surface area (Å²) in [5.74, 6) is -0.00347. The molecule has 3 unspecified atom stereocenters. The van der Waals surface area contributed by atoms with Crippen molar-refractivity contribution in [2.75, 3.05) is 6.61 Å². The van der Waals surface area contributed by atoms with Gasteiger partial charge in [0.2, 0.25) is 0 Å². The maximum absolute atomic E-state index is 11.6. The summed E-state index contributed by atoms with van der Waals surface area (Å²) in [6, 6.07) is 0. The second-order valence-corrected chi connectivity index (χ2v) is 4.24. The highest BCUT2D eigenvalue weighted by atomic mass is 16.5. The van der Waals surface area contributed by atoms with E-state index in [9.17, 15) is 4.79 Å². The molecule has 3 heteroatoms. The van der Waals surface area contributed by atoms with Gasteiger partial charge in [-0.2, -0.15) is 0 Å². The Morgan fingerprint density at radius 2 is 2.36 bits per heavy atom. The molecule has 0 spiro atoms. The Bertz CT molecular complexity index is 215. The van der Waals surface area contributed by atoms with Gasteiger partial charge in [-0.15, -0.1) is 0 Å². The largest absolute Gasteiger partial charge is 0.465 e. The molecular formula is C11H18O3. The summed E-state index contributed by atoms with van der Waals surface area (Å²) in [4.78, 5) is 11.6. The van der Waals surface area contributed by atoms with Crippen LogP contribution in [0.2, 0.25) is 0 Å². The average molecular weight is 198 g/mol. The van der Waals surface area contributed by atoms with E-state index in [4.69, 9.17) is 9.47 Å². The number of hydrogen-bond donors (Lipinski definition) is 0. The van der Waals surface area contributed by atoms with Crippen LogP contribution in [0.4, 0.5) is 0 Å². The number of hydrogen-bond acceptors (Lipinski definition) is 3. The van der Waals surface area contributed by atoms with Gasteiger partial charge in [0, 0.05) is 0 Å². The molecule has 2 saturated heterocycles. The third-order valence-electron chi connectivity index (χ3n) is 3.15. The predicted octanol–water partition coefficient (Wildman–Crippen LogP) is 1.90. The molecule has 2 heterocycles. The van der Waals surface area contributed by atoms with E-state index < -0.39 is 0 Å². The van der Waals surface area contributed by atoms with Crippen LogP contribution >= 0.6 is 0 Å². The maximum Gasteiger partial charge on any atom is 0.311 e. The topological polar surface area (TPSA) is 35.5 Å². The number of carbonyl (C=O) groups is 1. The summed E-state index contributed by atoms with van der Waals surface area (Å²) in [5.41, 5.74) is 0. The molecule has 0 aromatic carbocycles. The molecule has 0 aliphatic carbocycles. The zero-order valence-corrected chi connectivity index (χ0v) is 8.70. The first-order chi connectivity index (χ1) is 6.81. The van der Waals surface area contributed by atoms with Crippen LogP contribution in [0.3, 0.4) is 0 Å². The number of ether oxygens (including phenoxy) is 2. The molecule has 0 saturated carbocycles. The molecule has 2 fully saturated rings. The van der Waals surface area contributed by atoms with Gasteiger partial charge in [-0.05, 0) is 25.7 Å². The van der Waals surface area contributed by atoms with Gasteiger partial charge in [-0.25, -0.2) is 0 Å². The van der Waals surface area contributed by atoms with Gasteiger partial charge >= 0.3 is 5.97 Å². The van der Waals surface area contributed by atoms with Crippen LogP contribution in [-0.2, 0) is 14.3 Å². The molecule has 0 amide bonds. The van der Waals surface area contributed by atoms with Gasteiger partial charge in [0.05, 0.1) is 24.7 Å². The Hall–Kier alpha value is -0.570. The normalized spacial score (nSPS) is 34.8. The van der Waals surface area contributed by atoms with E-state index in [1.165, 1.54) is 0 Å². The van der Waals surface area contributed by atoms with E-state index in [-0.39, 0.29) is 18.0 Å². The summed E-state index contributed by atoms with van der Waals surface area (Å²) in [5, 5.41) is 0. The van der Waals surface area contributed by atoms with Crippen LogP contribution in [0.5, 0.6) is 0 Å². The Balaban J connectivity index is 1.75. The Kier molecular flexibility index (Phi) is 3.06. The molecule has 0 N–H and O–H groups in total. The molecule has 0 radical (unpaired) electrons. The fraction of sp³-hybridized carbons (Fsp3) is 0.909. The van der Waals surface area contributed by atoms with E-state index in [2.05, 4.69) is 6.92 Å².